The highest BCUT2D eigenvalue weighted by Crippen LogP contribution is 2.36. The Morgan fingerprint density at radius 2 is 1.82 bits per heavy atom. The van der Waals surface area contributed by atoms with Crippen LogP contribution in [0.25, 0.3) is 10.8 Å². The molecule has 17 heavy (non-hydrogen) atoms. The summed E-state index contributed by atoms with van der Waals surface area (Å²) in [7, 11) is 1.51. The third-order valence-corrected chi connectivity index (χ3v) is 3.28. The molecule has 0 heterocycles. The fourth-order valence-electron chi connectivity index (χ4n) is 1.61. The molecule has 0 saturated heterocycles. The number of fused-ring (bicyclic) bond motifs is 1. The van der Waals surface area contributed by atoms with Crippen LogP contribution in [0.4, 0.5) is 13.2 Å². The zero-order chi connectivity index (χ0) is 12.6. The predicted octanol–water partition coefficient (Wildman–Crippen LogP) is 4.63. The van der Waals surface area contributed by atoms with Gasteiger partial charge >= 0.3 is 6.18 Å². The largest absolute Gasteiger partial charge is 0.496 e. The zero-order valence-electron chi connectivity index (χ0n) is 8.81. The molecule has 0 aromatic heterocycles. The molecule has 0 bridgehead atoms. The minimum Gasteiger partial charge on any atom is -0.496 e. The summed E-state index contributed by atoms with van der Waals surface area (Å²) in [6.45, 7) is 0. The van der Waals surface area contributed by atoms with Gasteiger partial charge in [0.1, 0.15) is 5.75 Å². The van der Waals surface area contributed by atoms with Crippen LogP contribution in [-0.4, -0.2) is 7.11 Å². The van der Waals surface area contributed by atoms with Crippen molar-refractivity contribution >= 4 is 26.7 Å². The number of benzene rings is 2. The van der Waals surface area contributed by atoms with Crippen molar-refractivity contribution in [3.05, 3.63) is 40.4 Å². The first kappa shape index (κ1) is 12.2. The van der Waals surface area contributed by atoms with Crippen LogP contribution >= 0.6 is 15.9 Å². The van der Waals surface area contributed by atoms with E-state index in [1.807, 2.05) is 0 Å². The molecule has 0 unspecified atom stereocenters. The highest BCUT2D eigenvalue weighted by atomic mass is 79.9. The van der Waals surface area contributed by atoms with Crippen molar-refractivity contribution in [2.24, 2.45) is 0 Å². The second-order valence-electron chi connectivity index (χ2n) is 3.52. The van der Waals surface area contributed by atoms with Gasteiger partial charge in [0.2, 0.25) is 0 Å². The summed E-state index contributed by atoms with van der Waals surface area (Å²) in [5, 5.41) is 1.21. The van der Waals surface area contributed by atoms with Gasteiger partial charge < -0.3 is 4.74 Å². The number of alkyl halides is 3. The molecule has 0 radical (unpaired) electrons. The van der Waals surface area contributed by atoms with E-state index in [1.54, 1.807) is 12.1 Å². The smallest absolute Gasteiger partial charge is 0.416 e. The van der Waals surface area contributed by atoms with Crippen LogP contribution < -0.4 is 4.74 Å². The van der Waals surface area contributed by atoms with E-state index in [1.165, 1.54) is 13.2 Å². The maximum Gasteiger partial charge on any atom is 0.416 e. The summed E-state index contributed by atoms with van der Waals surface area (Å²) in [6.07, 6.45) is -4.32. The van der Waals surface area contributed by atoms with Crippen molar-refractivity contribution in [1.82, 2.24) is 0 Å². The summed E-state index contributed by atoms with van der Waals surface area (Å²) >= 11 is 3.31. The minimum absolute atomic E-state index is 0.521. The number of hydrogen-bond acceptors (Lipinski definition) is 1. The van der Waals surface area contributed by atoms with Crippen molar-refractivity contribution in [1.29, 1.82) is 0 Å². The van der Waals surface area contributed by atoms with Crippen LogP contribution in [0.15, 0.2) is 34.8 Å². The fraction of sp³-hybridized carbons (Fsp3) is 0.167. The molecular weight excluding hydrogens is 297 g/mol. The molecular formula is C12H8BrF3O. The van der Waals surface area contributed by atoms with Gasteiger partial charge in [0.25, 0.3) is 0 Å². The summed E-state index contributed by atoms with van der Waals surface area (Å²) in [5.74, 6) is 0.595. The number of hydrogen-bond donors (Lipinski definition) is 0. The Morgan fingerprint density at radius 1 is 1.12 bits per heavy atom. The first-order chi connectivity index (χ1) is 7.93. The van der Waals surface area contributed by atoms with Gasteiger partial charge in [-0.1, -0.05) is 12.1 Å². The number of ether oxygens (including phenoxy) is 1. The molecule has 0 amide bonds. The quantitative estimate of drug-likeness (QED) is 0.746. The second-order valence-corrected chi connectivity index (χ2v) is 4.31. The monoisotopic (exact) mass is 304 g/mol. The second kappa shape index (κ2) is 4.22. The van der Waals surface area contributed by atoms with Gasteiger partial charge in [0.05, 0.1) is 17.1 Å². The molecule has 90 valence electrons. The SMILES string of the molecule is COc1ccc2cc(C(F)(F)F)ccc2c1Br. The molecule has 2 rings (SSSR count). The van der Waals surface area contributed by atoms with Crippen LogP contribution in [0.1, 0.15) is 5.56 Å². The molecule has 0 N–H and O–H groups in total. The van der Waals surface area contributed by atoms with E-state index in [2.05, 4.69) is 15.9 Å². The number of halogens is 4. The van der Waals surface area contributed by atoms with E-state index in [4.69, 9.17) is 4.74 Å². The third kappa shape index (κ3) is 2.24. The average molecular weight is 305 g/mol. The van der Waals surface area contributed by atoms with Crippen LogP contribution in [0, 0.1) is 0 Å². The zero-order valence-corrected chi connectivity index (χ0v) is 10.4. The Bertz CT molecular complexity index is 563. The van der Waals surface area contributed by atoms with Crippen molar-refractivity contribution in [3.8, 4) is 5.75 Å². The summed E-state index contributed by atoms with van der Waals surface area (Å²) in [5.41, 5.74) is -0.651. The molecule has 2 aromatic rings. The maximum atomic E-state index is 12.5. The van der Waals surface area contributed by atoms with Crippen LogP contribution in [0.2, 0.25) is 0 Å². The number of rotatable bonds is 1. The van der Waals surface area contributed by atoms with E-state index in [9.17, 15) is 13.2 Å². The molecule has 0 spiro atoms. The molecule has 0 aliphatic heterocycles. The Labute approximate surface area is 104 Å². The van der Waals surface area contributed by atoms with Gasteiger partial charge in [-0.3, -0.25) is 0 Å². The fourth-order valence-corrected chi connectivity index (χ4v) is 2.26. The van der Waals surface area contributed by atoms with E-state index in [0.717, 1.165) is 12.1 Å². The molecule has 5 heteroatoms. The maximum absolute atomic E-state index is 12.5. The van der Waals surface area contributed by atoms with Gasteiger partial charge in [-0.25, -0.2) is 0 Å². The summed E-state index contributed by atoms with van der Waals surface area (Å²) < 4.78 is 43.3. The first-order valence-electron chi connectivity index (χ1n) is 4.77. The minimum atomic E-state index is -4.32. The lowest BCUT2D eigenvalue weighted by Gasteiger charge is -2.10. The third-order valence-electron chi connectivity index (χ3n) is 2.47. The topological polar surface area (TPSA) is 9.23 Å². The lowest BCUT2D eigenvalue weighted by Crippen LogP contribution is -2.04. The number of methoxy groups -OCH3 is 1. The van der Waals surface area contributed by atoms with Crippen molar-refractivity contribution in [2.75, 3.05) is 7.11 Å². The van der Waals surface area contributed by atoms with Gasteiger partial charge in [-0.05, 0) is 44.9 Å². The molecule has 1 nitrogen and oxygen atoms in total. The van der Waals surface area contributed by atoms with Gasteiger partial charge in [-0.15, -0.1) is 0 Å². The normalized spacial score (nSPS) is 11.8. The van der Waals surface area contributed by atoms with Gasteiger partial charge in [0.15, 0.2) is 0 Å². The highest BCUT2D eigenvalue weighted by molar-refractivity contribution is 9.10. The van der Waals surface area contributed by atoms with Gasteiger partial charge in [0, 0.05) is 0 Å². The average Bonchev–Trinajstić information content (AvgIpc) is 2.28. The van der Waals surface area contributed by atoms with Crippen molar-refractivity contribution < 1.29 is 17.9 Å². The van der Waals surface area contributed by atoms with Crippen LogP contribution in [-0.2, 0) is 6.18 Å². The first-order valence-corrected chi connectivity index (χ1v) is 5.56. The molecule has 0 fully saturated rings. The Hall–Kier alpha value is -1.23. The van der Waals surface area contributed by atoms with Crippen LogP contribution in [0.5, 0.6) is 5.75 Å². The molecule has 0 atom stereocenters. The molecule has 0 aliphatic rings. The lowest BCUT2D eigenvalue weighted by molar-refractivity contribution is -0.137. The predicted molar refractivity (Wildman–Crippen MR) is 63.2 cm³/mol. The Morgan fingerprint density at radius 3 is 2.41 bits per heavy atom. The summed E-state index contributed by atoms with van der Waals surface area (Å²) in [4.78, 5) is 0. The highest BCUT2D eigenvalue weighted by Gasteiger charge is 2.30. The van der Waals surface area contributed by atoms with Gasteiger partial charge in [-0.2, -0.15) is 13.2 Å². The standard InChI is InChI=1S/C12H8BrF3O/c1-17-10-5-2-7-6-8(12(14,15)16)3-4-9(7)11(10)13/h2-6H,1H3. The van der Waals surface area contributed by atoms with Crippen molar-refractivity contribution in [2.45, 2.75) is 6.18 Å². The Balaban J connectivity index is 2.66. The summed E-state index contributed by atoms with van der Waals surface area (Å²) in [6, 6.07) is 6.86. The van der Waals surface area contributed by atoms with E-state index in [0.29, 0.717) is 21.0 Å². The van der Waals surface area contributed by atoms with Crippen LogP contribution in [0.3, 0.4) is 0 Å². The van der Waals surface area contributed by atoms with E-state index < -0.39 is 11.7 Å². The molecule has 2 aromatic carbocycles. The molecule has 0 aliphatic carbocycles. The lowest BCUT2D eigenvalue weighted by atomic mass is 10.1. The molecule has 0 saturated carbocycles. The van der Waals surface area contributed by atoms with E-state index in [-0.39, 0.29) is 0 Å². The Kier molecular flexibility index (Phi) is 3.03. The van der Waals surface area contributed by atoms with Crippen molar-refractivity contribution in [3.63, 3.8) is 0 Å². The van der Waals surface area contributed by atoms with E-state index >= 15 is 0 Å².